The first-order chi connectivity index (χ1) is 15.1. The molecule has 0 spiro atoms. The van der Waals surface area contributed by atoms with Gasteiger partial charge >= 0.3 is 0 Å². The van der Waals surface area contributed by atoms with Crippen molar-refractivity contribution in [1.29, 1.82) is 0 Å². The number of aromatic nitrogens is 2. The van der Waals surface area contributed by atoms with Crippen LogP contribution in [0.1, 0.15) is 32.3 Å². The maximum atomic E-state index is 13.4. The number of pyridine rings is 2. The van der Waals surface area contributed by atoms with Crippen LogP contribution in [0.25, 0.3) is 10.9 Å². The number of carbonyl (C=O) groups excluding carboxylic acids is 1. The van der Waals surface area contributed by atoms with Crippen molar-refractivity contribution in [2.45, 2.75) is 43.1 Å². The number of ether oxygens (including phenoxy) is 1. The molecule has 168 valence electrons. The number of amides is 1. The zero-order valence-corrected chi connectivity index (χ0v) is 19.3. The third kappa shape index (κ3) is 4.00. The first kappa shape index (κ1) is 22.0. The lowest BCUT2D eigenvalue weighted by atomic mass is 9.96. The summed E-state index contributed by atoms with van der Waals surface area (Å²) in [4.78, 5) is 23.9. The van der Waals surface area contributed by atoms with Crippen molar-refractivity contribution in [3.8, 4) is 5.88 Å². The van der Waals surface area contributed by atoms with Gasteiger partial charge in [-0.15, -0.1) is 0 Å². The molecule has 0 aliphatic heterocycles. The van der Waals surface area contributed by atoms with Crippen LogP contribution < -0.4 is 14.4 Å². The third-order valence-electron chi connectivity index (χ3n) is 5.52. The minimum absolute atomic E-state index is 0.0195. The lowest BCUT2D eigenvalue weighted by Gasteiger charge is -2.22. The Balaban J connectivity index is 1.71. The van der Waals surface area contributed by atoms with E-state index in [2.05, 4.69) is 14.7 Å². The number of rotatable bonds is 7. The molecule has 1 N–H and O–H groups in total. The van der Waals surface area contributed by atoms with E-state index in [1.54, 1.807) is 36.7 Å². The van der Waals surface area contributed by atoms with Crippen molar-refractivity contribution in [1.82, 2.24) is 14.7 Å². The fourth-order valence-corrected chi connectivity index (χ4v) is 4.94. The molecule has 2 aromatic heterocycles. The van der Waals surface area contributed by atoms with Crippen LogP contribution in [0, 0.1) is 0 Å². The van der Waals surface area contributed by atoms with Crippen molar-refractivity contribution in [2.24, 2.45) is 0 Å². The molecule has 1 amide bonds. The van der Waals surface area contributed by atoms with E-state index in [0.717, 1.165) is 5.69 Å². The molecule has 0 radical (unpaired) electrons. The Labute approximate surface area is 187 Å². The van der Waals surface area contributed by atoms with Crippen LogP contribution in [0.15, 0.2) is 53.7 Å². The predicted molar refractivity (Wildman–Crippen MR) is 122 cm³/mol. The van der Waals surface area contributed by atoms with Gasteiger partial charge in [-0.3, -0.25) is 9.78 Å². The second-order valence-electron chi connectivity index (χ2n) is 8.45. The second-order valence-corrected chi connectivity index (χ2v) is 10.1. The van der Waals surface area contributed by atoms with Crippen LogP contribution in [-0.4, -0.2) is 44.5 Å². The highest BCUT2D eigenvalue weighted by atomic mass is 32.2. The maximum absolute atomic E-state index is 13.4. The molecule has 32 heavy (non-hydrogen) atoms. The summed E-state index contributed by atoms with van der Waals surface area (Å²) < 4.78 is 34.5. The van der Waals surface area contributed by atoms with Crippen LogP contribution in [0.3, 0.4) is 0 Å². The van der Waals surface area contributed by atoms with Gasteiger partial charge in [0, 0.05) is 31.2 Å². The molecule has 1 aliphatic rings. The standard InChI is InChI=1S/C23H26N4O4S/c1-15(2)31-21-18(13-16(14-25-21)27(3)4)23(10-11-23)22(28)26-32(29,30)20-9-5-8-19-17(20)7-6-12-24-19/h5-9,12-15H,10-11H2,1-4H3,(H,26,28). The molecule has 9 heteroatoms. The van der Waals surface area contributed by atoms with Crippen LogP contribution in [0.2, 0.25) is 0 Å². The van der Waals surface area contributed by atoms with Gasteiger partial charge in [0.1, 0.15) is 0 Å². The summed E-state index contributed by atoms with van der Waals surface area (Å²) >= 11 is 0. The number of sulfonamides is 1. The largest absolute Gasteiger partial charge is 0.475 e. The summed E-state index contributed by atoms with van der Waals surface area (Å²) in [5, 5.41) is 0.459. The second kappa shape index (κ2) is 8.05. The summed E-state index contributed by atoms with van der Waals surface area (Å²) in [6.45, 7) is 3.76. The number of anilines is 1. The van der Waals surface area contributed by atoms with Gasteiger partial charge in [-0.05, 0) is 57.0 Å². The van der Waals surface area contributed by atoms with Crippen molar-refractivity contribution >= 4 is 32.5 Å². The van der Waals surface area contributed by atoms with E-state index in [4.69, 9.17) is 4.74 Å². The summed E-state index contributed by atoms with van der Waals surface area (Å²) in [6, 6.07) is 10.0. The summed E-state index contributed by atoms with van der Waals surface area (Å²) in [5.74, 6) is -0.227. The molecule has 1 aliphatic carbocycles. The molecule has 0 bridgehead atoms. The predicted octanol–water partition coefficient (Wildman–Crippen LogP) is 3.02. The highest BCUT2D eigenvalue weighted by molar-refractivity contribution is 7.90. The van der Waals surface area contributed by atoms with Gasteiger partial charge in [0.15, 0.2) is 0 Å². The van der Waals surface area contributed by atoms with Crippen LogP contribution >= 0.6 is 0 Å². The Hall–Kier alpha value is -3.20. The van der Waals surface area contributed by atoms with E-state index < -0.39 is 21.3 Å². The molecular weight excluding hydrogens is 428 g/mol. The van der Waals surface area contributed by atoms with Gasteiger partial charge < -0.3 is 9.64 Å². The average Bonchev–Trinajstić information content (AvgIpc) is 3.55. The lowest BCUT2D eigenvalue weighted by Crippen LogP contribution is -2.39. The smallest absolute Gasteiger partial charge is 0.264 e. The van der Waals surface area contributed by atoms with E-state index >= 15 is 0 Å². The highest BCUT2D eigenvalue weighted by Crippen LogP contribution is 2.52. The van der Waals surface area contributed by atoms with Crippen LogP contribution in [0.5, 0.6) is 5.88 Å². The maximum Gasteiger partial charge on any atom is 0.264 e. The molecule has 0 unspecified atom stereocenters. The Kier molecular flexibility index (Phi) is 5.54. The molecule has 0 atom stereocenters. The number of nitrogens with zero attached hydrogens (tertiary/aromatic N) is 3. The number of fused-ring (bicyclic) bond motifs is 1. The van der Waals surface area contributed by atoms with E-state index in [1.807, 2.05) is 38.9 Å². The van der Waals surface area contributed by atoms with Gasteiger partial charge in [0.2, 0.25) is 11.8 Å². The van der Waals surface area contributed by atoms with Crippen molar-refractivity contribution in [2.75, 3.05) is 19.0 Å². The van der Waals surface area contributed by atoms with Gasteiger partial charge in [-0.25, -0.2) is 18.1 Å². The summed E-state index contributed by atoms with van der Waals surface area (Å²) in [5.41, 5.74) is 0.946. The number of hydrogen-bond donors (Lipinski definition) is 1. The summed E-state index contributed by atoms with van der Waals surface area (Å²) in [6.07, 6.45) is 4.15. The molecule has 0 saturated heterocycles. The zero-order valence-electron chi connectivity index (χ0n) is 18.5. The van der Waals surface area contributed by atoms with Crippen molar-refractivity contribution in [3.63, 3.8) is 0 Å². The normalized spacial score (nSPS) is 14.9. The van der Waals surface area contributed by atoms with E-state index in [9.17, 15) is 13.2 Å². The van der Waals surface area contributed by atoms with E-state index in [0.29, 0.717) is 35.2 Å². The molecular formula is C23H26N4O4S. The quantitative estimate of drug-likeness (QED) is 0.585. The van der Waals surface area contributed by atoms with Crippen molar-refractivity contribution < 1.29 is 17.9 Å². The molecule has 1 aromatic carbocycles. The van der Waals surface area contributed by atoms with Gasteiger partial charge in [0.05, 0.1) is 33.8 Å². The number of hydrogen-bond acceptors (Lipinski definition) is 7. The Morgan fingerprint density at radius 3 is 2.56 bits per heavy atom. The SMILES string of the molecule is CC(C)Oc1ncc(N(C)C)cc1C1(C(=O)NS(=O)(=O)c2cccc3ncccc23)CC1. The monoisotopic (exact) mass is 454 g/mol. The molecule has 3 aromatic rings. The van der Waals surface area contributed by atoms with Gasteiger partial charge in [0.25, 0.3) is 10.0 Å². The van der Waals surface area contributed by atoms with Crippen LogP contribution in [0.4, 0.5) is 5.69 Å². The molecule has 2 heterocycles. The third-order valence-corrected chi connectivity index (χ3v) is 6.91. The number of nitrogens with one attached hydrogen (secondary N) is 1. The molecule has 1 fully saturated rings. The van der Waals surface area contributed by atoms with Crippen molar-refractivity contribution in [3.05, 3.63) is 54.4 Å². The minimum atomic E-state index is -4.11. The van der Waals surface area contributed by atoms with E-state index in [-0.39, 0.29) is 11.0 Å². The van der Waals surface area contributed by atoms with Gasteiger partial charge in [-0.2, -0.15) is 0 Å². The van der Waals surface area contributed by atoms with Gasteiger partial charge in [-0.1, -0.05) is 6.07 Å². The zero-order chi connectivity index (χ0) is 23.1. The molecule has 4 rings (SSSR count). The van der Waals surface area contributed by atoms with E-state index in [1.165, 1.54) is 6.07 Å². The fourth-order valence-electron chi connectivity index (χ4n) is 3.67. The Bertz CT molecular complexity index is 1280. The molecule has 1 saturated carbocycles. The summed E-state index contributed by atoms with van der Waals surface area (Å²) in [7, 11) is -0.356. The Morgan fingerprint density at radius 1 is 1.16 bits per heavy atom. The molecule has 8 nitrogen and oxygen atoms in total. The van der Waals surface area contributed by atoms with Crippen LogP contribution in [-0.2, 0) is 20.2 Å². The minimum Gasteiger partial charge on any atom is -0.475 e. The lowest BCUT2D eigenvalue weighted by molar-refractivity contribution is -0.121. The first-order valence-corrected chi connectivity index (χ1v) is 11.9. The fraction of sp³-hybridized carbons (Fsp3) is 0.348. The topological polar surface area (TPSA) is 101 Å². The first-order valence-electron chi connectivity index (χ1n) is 10.4. The number of carbonyl (C=O) groups is 1. The number of benzene rings is 1. The average molecular weight is 455 g/mol. The highest BCUT2D eigenvalue weighted by Gasteiger charge is 2.54. The Morgan fingerprint density at radius 2 is 1.91 bits per heavy atom.